The van der Waals surface area contributed by atoms with E-state index < -0.39 is 29.3 Å². The quantitative estimate of drug-likeness (QED) is 0.713. The lowest BCUT2D eigenvalue weighted by Gasteiger charge is -2.28. The predicted molar refractivity (Wildman–Crippen MR) is 107 cm³/mol. The Morgan fingerprint density at radius 3 is 2.26 bits per heavy atom. The van der Waals surface area contributed by atoms with Crippen LogP contribution < -0.4 is 5.32 Å². The van der Waals surface area contributed by atoms with Crippen molar-refractivity contribution in [2.24, 2.45) is 0 Å². The van der Waals surface area contributed by atoms with Crippen molar-refractivity contribution in [3.8, 4) is 0 Å². The van der Waals surface area contributed by atoms with Crippen LogP contribution in [0.2, 0.25) is 0 Å². The van der Waals surface area contributed by atoms with Gasteiger partial charge >= 0.3 is 0 Å². The van der Waals surface area contributed by atoms with Crippen LogP contribution in [0.25, 0.3) is 5.57 Å². The van der Waals surface area contributed by atoms with Crippen LogP contribution in [0, 0.1) is 17.5 Å². The van der Waals surface area contributed by atoms with Gasteiger partial charge in [-0.15, -0.1) is 0 Å². The molecule has 1 fully saturated rings. The summed E-state index contributed by atoms with van der Waals surface area (Å²) in [5, 5.41) is 2.75. The van der Waals surface area contributed by atoms with Crippen LogP contribution in [0.15, 0.2) is 48.2 Å². The van der Waals surface area contributed by atoms with Crippen molar-refractivity contribution in [1.82, 2.24) is 9.80 Å². The summed E-state index contributed by atoms with van der Waals surface area (Å²) in [5.41, 5.74) is 0.449. The number of carbonyl (C=O) groups excluding carboxylic acids is 2. The van der Waals surface area contributed by atoms with Crippen molar-refractivity contribution in [1.29, 1.82) is 0 Å². The molecule has 6 nitrogen and oxygen atoms in total. The molecule has 2 aliphatic heterocycles. The Morgan fingerprint density at radius 2 is 1.58 bits per heavy atom. The molecule has 0 saturated carbocycles. The first-order valence-electron chi connectivity index (χ1n) is 9.82. The summed E-state index contributed by atoms with van der Waals surface area (Å²) >= 11 is 0. The fraction of sp³-hybridized carbons (Fsp3) is 0.273. The average Bonchev–Trinajstić information content (AvgIpc) is 3.00. The van der Waals surface area contributed by atoms with Gasteiger partial charge in [0, 0.05) is 37.9 Å². The molecule has 0 atom stereocenters. The highest BCUT2D eigenvalue weighted by atomic mass is 19.2. The van der Waals surface area contributed by atoms with E-state index in [-0.39, 0.29) is 23.5 Å². The van der Waals surface area contributed by atoms with Gasteiger partial charge < -0.3 is 10.1 Å². The number of imide groups is 1. The van der Waals surface area contributed by atoms with Crippen LogP contribution in [-0.4, -0.2) is 61.0 Å². The number of carbonyl (C=O) groups is 2. The molecule has 2 aromatic carbocycles. The van der Waals surface area contributed by atoms with Crippen molar-refractivity contribution < 1.29 is 27.5 Å². The summed E-state index contributed by atoms with van der Waals surface area (Å²) in [6, 6.07) is 8.26. The molecule has 4 rings (SSSR count). The van der Waals surface area contributed by atoms with Crippen LogP contribution in [0.1, 0.15) is 5.56 Å². The Hall–Kier alpha value is -3.17. The molecule has 0 spiro atoms. The zero-order chi connectivity index (χ0) is 22.0. The van der Waals surface area contributed by atoms with Gasteiger partial charge in [0.05, 0.1) is 18.8 Å². The first-order valence-corrected chi connectivity index (χ1v) is 9.82. The first-order chi connectivity index (χ1) is 14.9. The van der Waals surface area contributed by atoms with Gasteiger partial charge in [-0.25, -0.2) is 13.2 Å². The molecule has 162 valence electrons. The average molecular weight is 431 g/mol. The Labute approximate surface area is 176 Å². The lowest BCUT2D eigenvalue weighted by atomic mass is 10.0. The first kappa shape index (κ1) is 21.1. The van der Waals surface area contributed by atoms with E-state index in [4.69, 9.17) is 4.74 Å². The van der Waals surface area contributed by atoms with E-state index in [9.17, 15) is 22.8 Å². The lowest BCUT2D eigenvalue weighted by molar-refractivity contribution is -0.137. The summed E-state index contributed by atoms with van der Waals surface area (Å²) in [6.45, 7) is 3.22. The summed E-state index contributed by atoms with van der Waals surface area (Å²) in [5.74, 6) is -3.72. The molecule has 2 aliphatic rings. The number of nitrogens with zero attached hydrogens (tertiary/aromatic N) is 2. The highest BCUT2D eigenvalue weighted by Gasteiger charge is 2.39. The van der Waals surface area contributed by atoms with Gasteiger partial charge in [0.25, 0.3) is 11.8 Å². The molecule has 2 amide bonds. The van der Waals surface area contributed by atoms with Crippen molar-refractivity contribution in [3.63, 3.8) is 0 Å². The van der Waals surface area contributed by atoms with Crippen molar-refractivity contribution in [2.45, 2.75) is 0 Å². The van der Waals surface area contributed by atoms with Gasteiger partial charge in [-0.05, 0) is 29.8 Å². The van der Waals surface area contributed by atoms with Crippen LogP contribution in [0.3, 0.4) is 0 Å². The minimum Gasteiger partial charge on any atom is -0.379 e. The third kappa shape index (κ3) is 4.47. The van der Waals surface area contributed by atoms with Crippen LogP contribution in [0.5, 0.6) is 0 Å². The number of hydrogen-bond acceptors (Lipinski definition) is 5. The smallest absolute Gasteiger partial charge is 0.278 e. The number of anilines is 1. The van der Waals surface area contributed by atoms with Gasteiger partial charge in [-0.1, -0.05) is 12.1 Å². The largest absolute Gasteiger partial charge is 0.379 e. The van der Waals surface area contributed by atoms with Crippen molar-refractivity contribution in [2.75, 3.05) is 44.7 Å². The topological polar surface area (TPSA) is 61.9 Å². The molecule has 1 N–H and O–H groups in total. The summed E-state index contributed by atoms with van der Waals surface area (Å²) in [4.78, 5) is 29.4. The SMILES string of the molecule is O=C1C(Nc2ccc(F)c(F)c2)=C(c2ccc(F)cc2)C(=O)N1CCN1CCOCC1. The number of morpholine rings is 1. The predicted octanol–water partition coefficient (Wildman–Crippen LogP) is 2.63. The molecule has 9 heteroatoms. The molecule has 0 radical (unpaired) electrons. The van der Waals surface area contributed by atoms with E-state index >= 15 is 0 Å². The minimum atomic E-state index is -1.09. The number of rotatable bonds is 6. The number of benzene rings is 2. The van der Waals surface area contributed by atoms with E-state index in [1.807, 2.05) is 0 Å². The van der Waals surface area contributed by atoms with E-state index in [0.717, 1.165) is 17.0 Å². The van der Waals surface area contributed by atoms with Gasteiger partial charge in [0.2, 0.25) is 0 Å². The fourth-order valence-corrected chi connectivity index (χ4v) is 3.56. The number of ether oxygens (including phenoxy) is 1. The molecule has 0 aliphatic carbocycles. The lowest BCUT2D eigenvalue weighted by Crippen LogP contribution is -2.43. The Kier molecular flexibility index (Phi) is 6.06. The highest BCUT2D eigenvalue weighted by molar-refractivity contribution is 6.36. The summed E-state index contributed by atoms with van der Waals surface area (Å²) in [6.07, 6.45) is 0. The van der Waals surface area contributed by atoms with E-state index in [1.165, 1.54) is 30.3 Å². The molecule has 0 unspecified atom stereocenters. The molecular weight excluding hydrogens is 411 g/mol. The van der Waals surface area contributed by atoms with E-state index in [2.05, 4.69) is 10.2 Å². The van der Waals surface area contributed by atoms with Gasteiger partial charge in [-0.2, -0.15) is 0 Å². The normalized spacial score (nSPS) is 17.6. The second kappa shape index (κ2) is 8.91. The van der Waals surface area contributed by atoms with Crippen LogP contribution in [0.4, 0.5) is 18.9 Å². The molecule has 0 bridgehead atoms. The maximum atomic E-state index is 13.6. The molecule has 1 saturated heterocycles. The Balaban J connectivity index is 1.63. The molecule has 2 aromatic rings. The maximum Gasteiger partial charge on any atom is 0.278 e. The molecular formula is C22H20F3N3O3. The zero-order valence-corrected chi connectivity index (χ0v) is 16.5. The van der Waals surface area contributed by atoms with Crippen molar-refractivity contribution in [3.05, 3.63) is 71.2 Å². The van der Waals surface area contributed by atoms with Crippen molar-refractivity contribution >= 4 is 23.1 Å². The number of hydrogen-bond donors (Lipinski definition) is 1. The second-order valence-corrected chi connectivity index (χ2v) is 7.23. The zero-order valence-electron chi connectivity index (χ0n) is 16.5. The van der Waals surface area contributed by atoms with Gasteiger partial charge in [-0.3, -0.25) is 19.4 Å². The number of nitrogens with one attached hydrogen (secondary N) is 1. The van der Waals surface area contributed by atoms with Gasteiger partial charge in [0.1, 0.15) is 11.5 Å². The summed E-state index contributed by atoms with van der Waals surface area (Å²) < 4.78 is 45.6. The molecule has 31 heavy (non-hydrogen) atoms. The second-order valence-electron chi connectivity index (χ2n) is 7.23. The van der Waals surface area contributed by atoms with Gasteiger partial charge in [0.15, 0.2) is 11.6 Å². The standard InChI is InChI=1S/C22H20F3N3O3/c23-15-3-1-14(2-4-15)19-20(26-16-5-6-17(24)18(25)13-16)22(30)28(21(19)29)8-7-27-9-11-31-12-10-27/h1-6,13,26H,7-12H2. The third-order valence-electron chi connectivity index (χ3n) is 5.23. The maximum absolute atomic E-state index is 13.6. The van der Waals surface area contributed by atoms with Crippen LogP contribution in [-0.2, 0) is 14.3 Å². The monoisotopic (exact) mass is 431 g/mol. The van der Waals surface area contributed by atoms with E-state index in [1.54, 1.807) is 0 Å². The van der Waals surface area contributed by atoms with Crippen LogP contribution >= 0.6 is 0 Å². The number of halogens is 3. The Bertz CT molecular complexity index is 1030. The van der Waals surface area contributed by atoms with E-state index in [0.29, 0.717) is 38.4 Å². The minimum absolute atomic E-state index is 0.0525. The highest BCUT2D eigenvalue weighted by Crippen LogP contribution is 2.31. The third-order valence-corrected chi connectivity index (χ3v) is 5.23. The molecule has 0 aromatic heterocycles. The Morgan fingerprint density at radius 1 is 0.871 bits per heavy atom. The molecule has 2 heterocycles. The number of amides is 2. The fourth-order valence-electron chi connectivity index (χ4n) is 3.56. The summed E-state index contributed by atoms with van der Waals surface area (Å²) in [7, 11) is 0.